The number of anilines is 1. The molecule has 0 atom stereocenters. The van der Waals surface area contributed by atoms with Gasteiger partial charge in [0.25, 0.3) is 0 Å². The zero-order chi connectivity index (χ0) is 12.1. The van der Waals surface area contributed by atoms with E-state index in [1.807, 2.05) is 36.4 Å². The normalized spacial score (nSPS) is 10.2. The zero-order valence-electron chi connectivity index (χ0n) is 9.40. The molecule has 0 fully saturated rings. The summed E-state index contributed by atoms with van der Waals surface area (Å²) in [6.45, 7) is 0.645. The van der Waals surface area contributed by atoms with Crippen LogP contribution in [0.25, 0.3) is 0 Å². The summed E-state index contributed by atoms with van der Waals surface area (Å²) >= 11 is 3.44. The summed E-state index contributed by atoms with van der Waals surface area (Å²) in [5, 5.41) is 0. The van der Waals surface area contributed by atoms with E-state index in [0.717, 1.165) is 16.6 Å². The molecule has 3 heteroatoms. The van der Waals surface area contributed by atoms with E-state index in [1.54, 1.807) is 0 Å². The Bertz CT molecular complexity index is 485. The van der Waals surface area contributed by atoms with Crippen molar-refractivity contribution >= 4 is 21.6 Å². The molecule has 0 aliphatic carbocycles. The Kier molecular flexibility index (Phi) is 4.04. The van der Waals surface area contributed by atoms with Gasteiger partial charge in [-0.25, -0.2) is 0 Å². The van der Waals surface area contributed by atoms with Crippen molar-refractivity contribution in [2.24, 2.45) is 0 Å². The van der Waals surface area contributed by atoms with Crippen molar-refractivity contribution in [2.75, 3.05) is 12.3 Å². The van der Waals surface area contributed by atoms with Gasteiger partial charge in [0.2, 0.25) is 0 Å². The Hall–Kier alpha value is -1.48. The number of hydrogen-bond donors (Lipinski definition) is 1. The number of nitrogens with two attached hydrogens (primary N) is 1. The fourth-order valence-corrected chi connectivity index (χ4v) is 1.92. The number of hydrogen-bond acceptors (Lipinski definition) is 2. The second-order valence-electron chi connectivity index (χ2n) is 3.77. The predicted octanol–water partition coefficient (Wildman–Crippen LogP) is 3.65. The van der Waals surface area contributed by atoms with Gasteiger partial charge < -0.3 is 10.5 Å². The lowest BCUT2D eigenvalue weighted by molar-refractivity contribution is 0.320. The van der Waals surface area contributed by atoms with E-state index < -0.39 is 0 Å². The van der Waals surface area contributed by atoms with Crippen LogP contribution in [0.1, 0.15) is 5.56 Å². The van der Waals surface area contributed by atoms with Crippen LogP contribution >= 0.6 is 15.9 Å². The highest BCUT2D eigenvalue weighted by Gasteiger charge is 2.01. The Morgan fingerprint density at radius 3 is 2.59 bits per heavy atom. The molecule has 0 heterocycles. The molecule has 88 valence electrons. The van der Waals surface area contributed by atoms with Crippen molar-refractivity contribution in [2.45, 2.75) is 6.42 Å². The standard InChI is InChI=1S/C14H14BrNO/c15-13-7-6-12(16)10-14(13)17-9-8-11-4-2-1-3-5-11/h1-7,10H,8-9,16H2. The van der Waals surface area contributed by atoms with E-state index in [9.17, 15) is 0 Å². The lowest BCUT2D eigenvalue weighted by Crippen LogP contribution is -2.02. The van der Waals surface area contributed by atoms with Gasteiger partial charge in [-0.15, -0.1) is 0 Å². The highest BCUT2D eigenvalue weighted by molar-refractivity contribution is 9.10. The van der Waals surface area contributed by atoms with Crippen LogP contribution in [-0.4, -0.2) is 6.61 Å². The van der Waals surface area contributed by atoms with Gasteiger partial charge in [-0.3, -0.25) is 0 Å². The summed E-state index contributed by atoms with van der Waals surface area (Å²) < 4.78 is 6.62. The maximum Gasteiger partial charge on any atom is 0.135 e. The van der Waals surface area contributed by atoms with Crippen molar-refractivity contribution in [1.82, 2.24) is 0 Å². The molecule has 0 radical (unpaired) electrons. The first kappa shape index (κ1) is 12.0. The van der Waals surface area contributed by atoms with Gasteiger partial charge in [-0.05, 0) is 33.6 Å². The zero-order valence-corrected chi connectivity index (χ0v) is 11.0. The topological polar surface area (TPSA) is 35.2 Å². The van der Waals surface area contributed by atoms with E-state index in [4.69, 9.17) is 10.5 Å². The number of rotatable bonds is 4. The van der Waals surface area contributed by atoms with Crippen LogP contribution in [0.5, 0.6) is 5.75 Å². The molecule has 0 spiro atoms. The molecule has 0 unspecified atom stereocenters. The lowest BCUT2D eigenvalue weighted by atomic mass is 10.2. The third-order valence-corrected chi connectivity index (χ3v) is 3.10. The maximum atomic E-state index is 5.71. The quantitative estimate of drug-likeness (QED) is 0.873. The summed E-state index contributed by atoms with van der Waals surface area (Å²) in [4.78, 5) is 0. The minimum absolute atomic E-state index is 0.645. The molecule has 0 aromatic heterocycles. The predicted molar refractivity (Wildman–Crippen MR) is 74.2 cm³/mol. The first-order valence-corrected chi connectivity index (χ1v) is 6.27. The van der Waals surface area contributed by atoms with Crippen LogP contribution in [0.3, 0.4) is 0 Å². The number of nitrogen functional groups attached to an aromatic ring is 1. The monoisotopic (exact) mass is 291 g/mol. The van der Waals surface area contributed by atoms with E-state index in [2.05, 4.69) is 28.1 Å². The SMILES string of the molecule is Nc1ccc(Br)c(OCCc2ccccc2)c1. The molecule has 2 aromatic rings. The van der Waals surface area contributed by atoms with Crippen LogP contribution < -0.4 is 10.5 Å². The fourth-order valence-electron chi connectivity index (χ4n) is 1.55. The second-order valence-corrected chi connectivity index (χ2v) is 4.63. The third-order valence-electron chi connectivity index (χ3n) is 2.45. The molecule has 0 aliphatic rings. The van der Waals surface area contributed by atoms with Gasteiger partial charge in [-0.1, -0.05) is 30.3 Å². The summed E-state index contributed by atoms with van der Waals surface area (Å²) in [5.41, 5.74) is 7.69. The maximum absolute atomic E-state index is 5.71. The number of benzene rings is 2. The van der Waals surface area contributed by atoms with Gasteiger partial charge in [0.1, 0.15) is 5.75 Å². The van der Waals surface area contributed by atoms with Crippen LogP contribution in [0, 0.1) is 0 Å². The molecular formula is C14H14BrNO. The summed E-state index contributed by atoms with van der Waals surface area (Å²) in [7, 11) is 0. The summed E-state index contributed by atoms with van der Waals surface area (Å²) in [6, 6.07) is 15.8. The number of halogens is 1. The molecule has 0 saturated carbocycles. The molecule has 2 rings (SSSR count). The average molecular weight is 292 g/mol. The molecule has 0 saturated heterocycles. The third kappa shape index (κ3) is 3.49. The van der Waals surface area contributed by atoms with Crippen molar-refractivity contribution in [3.8, 4) is 5.75 Å². The van der Waals surface area contributed by atoms with Crippen LogP contribution in [0.2, 0.25) is 0 Å². The number of ether oxygens (including phenoxy) is 1. The Balaban J connectivity index is 1.92. The van der Waals surface area contributed by atoms with Crippen molar-refractivity contribution in [3.63, 3.8) is 0 Å². The molecular weight excluding hydrogens is 278 g/mol. The first-order valence-electron chi connectivity index (χ1n) is 5.47. The highest BCUT2D eigenvalue weighted by atomic mass is 79.9. The minimum atomic E-state index is 0.645. The first-order chi connectivity index (χ1) is 8.25. The second kappa shape index (κ2) is 5.73. The van der Waals surface area contributed by atoms with Crippen LogP contribution in [0.15, 0.2) is 53.0 Å². The van der Waals surface area contributed by atoms with E-state index >= 15 is 0 Å². The van der Waals surface area contributed by atoms with Crippen molar-refractivity contribution in [1.29, 1.82) is 0 Å². The average Bonchev–Trinajstić information content (AvgIpc) is 2.35. The Labute approximate surface area is 110 Å². The van der Waals surface area contributed by atoms with Crippen LogP contribution in [0.4, 0.5) is 5.69 Å². The smallest absolute Gasteiger partial charge is 0.135 e. The van der Waals surface area contributed by atoms with Crippen molar-refractivity contribution in [3.05, 3.63) is 58.6 Å². The molecule has 2 N–H and O–H groups in total. The molecule has 0 bridgehead atoms. The van der Waals surface area contributed by atoms with Gasteiger partial charge in [-0.2, -0.15) is 0 Å². The minimum Gasteiger partial charge on any atom is -0.492 e. The molecule has 2 aromatic carbocycles. The van der Waals surface area contributed by atoms with Gasteiger partial charge in [0, 0.05) is 18.2 Å². The summed E-state index contributed by atoms with van der Waals surface area (Å²) in [5.74, 6) is 0.793. The molecule has 2 nitrogen and oxygen atoms in total. The Morgan fingerprint density at radius 2 is 1.82 bits per heavy atom. The van der Waals surface area contributed by atoms with Crippen molar-refractivity contribution < 1.29 is 4.74 Å². The van der Waals surface area contributed by atoms with Gasteiger partial charge >= 0.3 is 0 Å². The van der Waals surface area contributed by atoms with Crippen LogP contribution in [-0.2, 0) is 6.42 Å². The summed E-state index contributed by atoms with van der Waals surface area (Å²) in [6.07, 6.45) is 0.891. The molecule has 17 heavy (non-hydrogen) atoms. The van der Waals surface area contributed by atoms with Gasteiger partial charge in [0.05, 0.1) is 11.1 Å². The molecule has 0 amide bonds. The molecule has 0 aliphatic heterocycles. The highest BCUT2D eigenvalue weighted by Crippen LogP contribution is 2.27. The fraction of sp³-hybridized carbons (Fsp3) is 0.143. The van der Waals surface area contributed by atoms with E-state index in [0.29, 0.717) is 12.3 Å². The van der Waals surface area contributed by atoms with E-state index in [-0.39, 0.29) is 0 Å². The van der Waals surface area contributed by atoms with E-state index in [1.165, 1.54) is 5.56 Å². The van der Waals surface area contributed by atoms with Gasteiger partial charge in [0.15, 0.2) is 0 Å². The largest absolute Gasteiger partial charge is 0.492 e. The lowest BCUT2D eigenvalue weighted by Gasteiger charge is -2.08. The Morgan fingerprint density at radius 1 is 1.06 bits per heavy atom.